The Morgan fingerprint density at radius 2 is 1.79 bits per heavy atom. The molecule has 1 N–H and O–H groups in total. The molecule has 0 aromatic heterocycles. The fraction of sp³-hybridized carbons (Fsp3) is 0.409. The second-order valence-corrected chi connectivity index (χ2v) is 9.67. The SMILES string of the molecule is CCS(=O)(=O)N[C@H]1CCN(C(=O)N(C)C)[C@H]1Cc1cccc(-c2ccccc2)c1. The van der Waals surface area contributed by atoms with Gasteiger partial charge in [0.25, 0.3) is 0 Å². The average Bonchev–Trinajstić information content (AvgIpc) is 3.09. The average molecular weight is 416 g/mol. The smallest absolute Gasteiger partial charge is 0.319 e. The fourth-order valence-corrected chi connectivity index (χ4v) is 4.70. The second kappa shape index (κ2) is 8.97. The molecule has 1 heterocycles. The van der Waals surface area contributed by atoms with Crippen molar-refractivity contribution in [2.45, 2.75) is 31.8 Å². The third-order valence-corrected chi connectivity index (χ3v) is 6.79. The number of carbonyl (C=O) groups excluding carboxylic acids is 1. The quantitative estimate of drug-likeness (QED) is 0.789. The summed E-state index contributed by atoms with van der Waals surface area (Å²) in [6.45, 7) is 2.16. The summed E-state index contributed by atoms with van der Waals surface area (Å²) >= 11 is 0. The number of rotatable bonds is 6. The molecule has 0 radical (unpaired) electrons. The van der Waals surface area contributed by atoms with Crippen LogP contribution in [0.5, 0.6) is 0 Å². The van der Waals surface area contributed by atoms with Crippen LogP contribution in [0, 0.1) is 0 Å². The normalized spacial score (nSPS) is 19.3. The van der Waals surface area contributed by atoms with Crippen LogP contribution in [0.4, 0.5) is 4.79 Å². The van der Waals surface area contributed by atoms with Crippen LogP contribution >= 0.6 is 0 Å². The minimum atomic E-state index is -3.35. The van der Waals surface area contributed by atoms with Gasteiger partial charge in [-0.25, -0.2) is 17.9 Å². The van der Waals surface area contributed by atoms with E-state index in [-0.39, 0.29) is 23.9 Å². The largest absolute Gasteiger partial charge is 0.331 e. The lowest BCUT2D eigenvalue weighted by atomic mass is 9.97. The van der Waals surface area contributed by atoms with Gasteiger partial charge in [-0.3, -0.25) is 0 Å². The maximum absolute atomic E-state index is 12.7. The van der Waals surface area contributed by atoms with Gasteiger partial charge in [0.1, 0.15) is 0 Å². The lowest BCUT2D eigenvalue weighted by molar-refractivity contribution is 0.163. The zero-order valence-electron chi connectivity index (χ0n) is 17.2. The van der Waals surface area contributed by atoms with E-state index in [1.165, 1.54) is 0 Å². The highest BCUT2D eigenvalue weighted by Gasteiger charge is 2.39. The van der Waals surface area contributed by atoms with E-state index in [9.17, 15) is 13.2 Å². The number of nitrogens with one attached hydrogen (secondary N) is 1. The highest BCUT2D eigenvalue weighted by atomic mass is 32.2. The number of benzene rings is 2. The fourth-order valence-electron chi connectivity index (χ4n) is 3.80. The molecule has 6 nitrogen and oxygen atoms in total. The summed E-state index contributed by atoms with van der Waals surface area (Å²) in [4.78, 5) is 16.0. The Kier molecular flexibility index (Phi) is 6.59. The number of likely N-dealkylation sites (tertiary alicyclic amines) is 1. The molecule has 1 saturated heterocycles. The van der Waals surface area contributed by atoms with E-state index in [1.54, 1.807) is 30.8 Å². The van der Waals surface area contributed by atoms with Crippen molar-refractivity contribution in [3.63, 3.8) is 0 Å². The molecular formula is C22H29N3O3S. The van der Waals surface area contributed by atoms with Crippen molar-refractivity contribution in [3.8, 4) is 11.1 Å². The zero-order chi connectivity index (χ0) is 21.0. The molecule has 0 saturated carbocycles. The Bertz CT molecular complexity index is 945. The van der Waals surface area contributed by atoms with Gasteiger partial charge in [0.2, 0.25) is 10.0 Å². The summed E-state index contributed by atoms with van der Waals surface area (Å²) in [5.41, 5.74) is 3.32. The van der Waals surface area contributed by atoms with E-state index in [0.717, 1.165) is 16.7 Å². The van der Waals surface area contributed by atoms with Crippen molar-refractivity contribution < 1.29 is 13.2 Å². The number of urea groups is 1. The summed E-state index contributed by atoms with van der Waals surface area (Å²) < 4.78 is 27.2. The minimum absolute atomic E-state index is 0.0291. The third kappa shape index (κ3) is 5.16. The summed E-state index contributed by atoms with van der Waals surface area (Å²) in [7, 11) is 0.0922. The summed E-state index contributed by atoms with van der Waals surface area (Å²) in [5, 5.41) is 0. The molecule has 0 aliphatic carbocycles. The van der Waals surface area contributed by atoms with Crippen molar-refractivity contribution in [3.05, 3.63) is 60.2 Å². The van der Waals surface area contributed by atoms with Gasteiger partial charge in [0, 0.05) is 26.7 Å². The Labute approximate surface area is 173 Å². The van der Waals surface area contributed by atoms with E-state index in [1.807, 2.05) is 30.3 Å². The summed E-state index contributed by atoms with van der Waals surface area (Å²) in [5.74, 6) is 0.0291. The van der Waals surface area contributed by atoms with Gasteiger partial charge in [-0.05, 0) is 36.5 Å². The van der Waals surface area contributed by atoms with Gasteiger partial charge < -0.3 is 9.80 Å². The maximum Gasteiger partial charge on any atom is 0.319 e. The predicted molar refractivity (Wildman–Crippen MR) is 116 cm³/mol. The van der Waals surface area contributed by atoms with Gasteiger partial charge in [-0.15, -0.1) is 0 Å². The molecule has 2 amide bonds. The molecule has 1 aliphatic rings. The van der Waals surface area contributed by atoms with Gasteiger partial charge in [-0.1, -0.05) is 54.6 Å². The molecule has 156 valence electrons. The predicted octanol–water partition coefficient (Wildman–Crippen LogP) is 2.96. The third-order valence-electron chi connectivity index (χ3n) is 5.36. The lowest BCUT2D eigenvalue weighted by Crippen LogP contribution is -2.50. The minimum Gasteiger partial charge on any atom is -0.331 e. The number of hydrogen-bond acceptors (Lipinski definition) is 3. The molecule has 2 aromatic carbocycles. The molecule has 0 spiro atoms. The summed E-state index contributed by atoms with van der Waals surface area (Å²) in [6.07, 6.45) is 1.21. The van der Waals surface area contributed by atoms with Crippen molar-refractivity contribution >= 4 is 16.1 Å². The van der Waals surface area contributed by atoms with Gasteiger partial charge in [0.05, 0.1) is 11.8 Å². The Morgan fingerprint density at radius 3 is 2.45 bits per heavy atom. The highest BCUT2D eigenvalue weighted by molar-refractivity contribution is 7.89. The maximum atomic E-state index is 12.7. The van der Waals surface area contributed by atoms with Crippen molar-refractivity contribution in [1.29, 1.82) is 0 Å². The molecular weight excluding hydrogens is 386 g/mol. The molecule has 1 fully saturated rings. The van der Waals surface area contributed by atoms with Gasteiger partial charge >= 0.3 is 6.03 Å². The summed E-state index contributed by atoms with van der Waals surface area (Å²) in [6, 6.07) is 17.8. The van der Waals surface area contributed by atoms with Crippen molar-refractivity contribution in [2.75, 3.05) is 26.4 Å². The van der Waals surface area contributed by atoms with E-state index in [0.29, 0.717) is 19.4 Å². The monoisotopic (exact) mass is 415 g/mol. The molecule has 3 rings (SSSR count). The second-order valence-electron chi connectivity index (χ2n) is 7.62. The standard InChI is InChI=1S/C22H29N3O3S/c1-4-29(27,28)23-20-13-14-25(22(26)24(2)3)21(20)16-17-9-8-12-19(15-17)18-10-6-5-7-11-18/h5-12,15,20-21,23H,4,13-14,16H2,1-3H3/t20-,21-/m0/s1. The first-order valence-electron chi connectivity index (χ1n) is 9.93. The Hall–Kier alpha value is -2.38. The lowest BCUT2D eigenvalue weighted by Gasteiger charge is -2.31. The first-order chi connectivity index (χ1) is 13.8. The van der Waals surface area contributed by atoms with Gasteiger partial charge in [-0.2, -0.15) is 0 Å². The number of hydrogen-bond donors (Lipinski definition) is 1. The van der Waals surface area contributed by atoms with E-state index < -0.39 is 10.0 Å². The molecule has 0 bridgehead atoms. The highest BCUT2D eigenvalue weighted by Crippen LogP contribution is 2.26. The van der Waals surface area contributed by atoms with E-state index in [2.05, 4.69) is 29.0 Å². The molecule has 1 aliphatic heterocycles. The van der Waals surface area contributed by atoms with Crippen molar-refractivity contribution in [2.24, 2.45) is 0 Å². The number of amides is 2. The van der Waals surface area contributed by atoms with Crippen LogP contribution in [0.15, 0.2) is 54.6 Å². The van der Waals surface area contributed by atoms with Crippen LogP contribution < -0.4 is 4.72 Å². The Morgan fingerprint density at radius 1 is 1.10 bits per heavy atom. The topological polar surface area (TPSA) is 69.7 Å². The van der Waals surface area contributed by atoms with Crippen molar-refractivity contribution in [1.82, 2.24) is 14.5 Å². The first kappa shape index (κ1) is 21.3. The van der Waals surface area contributed by atoms with E-state index >= 15 is 0 Å². The number of sulfonamides is 1. The molecule has 7 heteroatoms. The number of carbonyl (C=O) groups is 1. The molecule has 2 atom stereocenters. The van der Waals surface area contributed by atoms with Crippen LogP contribution in [-0.2, 0) is 16.4 Å². The number of nitrogens with zero attached hydrogens (tertiary/aromatic N) is 2. The molecule has 2 aromatic rings. The van der Waals surface area contributed by atoms with Crippen LogP contribution in [0.25, 0.3) is 11.1 Å². The molecule has 29 heavy (non-hydrogen) atoms. The van der Waals surface area contributed by atoms with Crippen LogP contribution in [-0.4, -0.2) is 62.7 Å². The Balaban J connectivity index is 1.88. The van der Waals surface area contributed by atoms with E-state index in [4.69, 9.17) is 0 Å². The zero-order valence-corrected chi connectivity index (χ0v) is 18.0. The van der Waals surface area contributed by atoms with Crippen LogP contribution in [0.3, 0.4) is 0 Å². The first-order valence-corrected chi connectivity index (χ1v) is 11.6. The van der Waals surface area contributed by atoms with Crippen LogP contribution in [0.2, 0.25) is 0 Å². The van der Waals surface area contributed by atoms with Gasteiger partial charge in [0.15, 0.2) is 0 Å². The molecule has 0 unspecified atom stereocenters. The van der Waals surface area contributed by atoms with Crippen LogP contribution in [0.1, 0.15) is 18.9 Å².